The van der Waals surface area contributed by atoms with Gasteiger partial charge in [-0.15, -0.1) is 6.54 Å². The summed E-state index contributed by atoms with van der Waals surface area (Å²) in [5.41, 5.74) is 0. The largest absolute Gasteiger partial charge is 0.664 e. The SMILES string of the molecule is C[N-]CCNC1CCOC1. The van der Waals surface area contributed by atoms with E-state index >= 15 is 0 Å². The van der Waals surface area contributed by atoms with Crippen LogP contribution in [-0.4, -0.2) is 39.4 Å². The van der Waals surface area contributed by atoms with Crippen LogP contribution in [0.2, 0.25) is 0 Å². The van der Waals surface area contributed by atoms with Crippen LogP contribution < -0.4 is 5.32 Å². The molecule has 0 saturated carbocycles. The Morgan fingerprint density at radius 2 is 2.60 bits per heavy atom. The molecule has 10 heavy (non-hydrogen) atoms. The van der Waals surface area contributed by atoms with Gasteiger partial charge < -0.3 is 15.4 Å². The zero-order valence-corrected chi connectivity index (χ0v) is 6.47. The quantitative estimate of drug-likeness (QED) is 0.577. The molecule has 1 saturated heterocycles. The molecule has 1 rings (SSSR count). The average molecular weight is 143 g/mol. The Hall–Kier alpha value is -0.120. The van der Waals surface area contributed by atoms with Gasteiger partial charge >= 0.3 is 0 Å². The summed E-state index contributed by atoms with van der Waals surface area (Å²) < 4.78 is 5.19. The third kappa shape index (κ3) is 2.64. The van der Waals surface area contributed by atoms with E-state index in [2.05, 4.69) is 10.6 Å². The maximum atomic E-state index is 5.19. The van der Waals surface area contributed by atoms with Gasteiger partial charge in [0.05, 0.1) is 6.61 Å². The fourth-order valence-electron chi connectivity index (χ4n) is 1.08. The highest BCUT2D eigenvalue weighted by Crippen LogP contribution is 2.02. The number of rotatable bonds is 4. The molecule has 0 aromatic rings. The van der Waals surface area contributed by atoms with Crippen LogP contribution in [0.5, 0.6) is 0 Å². The number of likely N-dealkylation sites (N-methyl/N-ethyl adjacent to an activating group) is 1. The van der Waals surface area contributed by atoms with Crippen LogP contribution in [0.3, 0.4) is 0 Å². The van der Waals surface area contributed by atoms with Crippen molar-refractivity contribution in [3.05, 3.63) is 5.32 Å². The van der Waals surface area contributed by atoms with E-state index in [1.807, 2.05) is 7.05 Å². The van der Waals surface area contributed by atoms with E-state index in [1.165, 1.54) is 0 Å². The van der Waals surface area contributed by atoms with Gasteiger partial charge in [-0.2, -0.15) is 7.05 Å². The molecule has 1 unspecified atom stereocenters. The van der Waals surface area contributed by atoms with Gasteiger partial charge in [0, 0.05) is 12.6 Å². The van der Waals surface area contributed by atoms with Crippen molar-refractivity contribution in [1.29, 1.82) is 0 Å². The Labute approximate surface area is 62.1 Å². The van der Waals surface area contributed by atoms with Crippen LogP contribution in [0.1, 0.15) is 6.42 Å². The first kappa shape index (κ1) is 7.98. The second-order valence-electron chi connectivity index (χ2n) is 2.55. The minimum absolute atomic E-state index is 0.585. The van der Waals surface area contributed by atoms with E-state index in [1.54, 1.807) is 0 Å². The third-order valence-corrected chi connectivity index (χ3v) is 1.70. The van der Waals surface area contributed by atoms with Gasteiger partial charge in [0.1, 0.15) is 0 Å². The lowest BCUT2D eigenvalue weighted by molar-refractivity contribution is 0.190. The second kappa shape index (κ2) is 4.66. The molecular weight excluding hydrogens is 128 g/mol. The van der Waals surface area contributed by atoms with Crippen LogP contribution in [0, 0.1) is 0 Å². The van der Waals surface area contributed by atoms with Crippen molar-refractivity contribution in [3.63, 3.8) is 0 Å². The van der Waals surface area contributed by atoms with Gasteiger partial charge in [-0.25, -0.2) is 0 Å². The Morgan fingerprint density at radius 3 is 3.20 bits per heavy atom. The van der Waals surface area contributed by atoms with Crippen LogP contribution in [-0.2, 0) is 4.74 Å². The standard InChI is InChI=1S/C7H15N2O/c1-8-3-4-9-7-2-5-10-6-7/h7,9H,2-6H2,1H3/q-1. The van der Waals surface area contributed by atoms with E-state index < -0.39 is 0 Å². The Kier molecular flexibility index (Phi) is 3.72. The van der Waals surface area contributed by atoms with E-state index in [4.69, 9.17) is 4.74 Å². The normalized spacial score (nSPS) is 25.5. The van der Waals surface area contributed by atoms with Crippen LogP contribution in [0.4, 0.5) is 0 Å². The molecule has 1 atom stereocenters. The first-order valence-electron chi connectivity index (χ1n) is 3.80. The molecule has 1 fully saturated rings. The van der Waals surface area contributed by atoms with E-state index in [9.17, 15) is 0 Å². The predicted molar refractivity (Wildman–Crippen MR) is 41.4 cm³/mol. The summed E-state index contributed by atoms with van der Waals surface area (Å²) in [6.07, 6.45) is 1.16. The van der Waals surface area contributed by atoms with Crippen LogP contribution in [0.15, 0.2) is 0 Å². The van der Waals surface area contributed by atoms with E-state index in [-0.39, 0.29) is 0 Å². The minimum Gasteiger partial charge on any atom is -0.664 e. The molecule has 0 spiro atoms. The topological polar surface area (TPSA) is 35.4 Å². The zero-order chi connectivity index (χ0) is 7.23. The molecule has 0 amide bonds. The number of nitrogens with zero attached hydrogens (tertiary/aromatic N) is 1. The van der Waals surface area contributed by atoms with Gasteiger partial charge in [-0.05, 0) is 13.0 Å². The molecule has 0 aromatic carbocycles. The molecule has 1 aliphatic heterocycles. The smallest absolute Gasteiger partial charge is 0.0620 e. The van der Waals surface area contributed by atoms with Crippen molar-refractivity contribution in [2.75, 3.05) is 33.4 Å². The summed E-state index contributed by atoms with van der Waals surface area (Å²) in [5, 5.41) is 7.36. The van der Waals surface area contributed by atoms with Crippen LogP contribution in [0.25, 0.3) is 5.32 Å². The summed E-state index contributed by atoms with van der Waals surface area (Å²) in [5.74, 6) is 0. The van der Waals surface area contributed by atoms with Crippen molar-refractivity contribution in [1.82, 2.24) is 5.32 Å². The average Bonchev–Trinajstić information content (AvgIpc) is 2.41. The number of hydrogen-bond acceptors (Lipinski definition) is 2. The number of ether oxygens (including phenoxy) is 1. The van der Waals surface area contributed by atoms with Gasteiger partial charge in [0.2, 0.25) is 0 Å². The molecule has 1 N–H and O–H groups in total. The van der Waals surface area contributed by atoms with Gasteiger partial charge in [-0.1, -0.05) is 0 Å². The minimum atomic E-state index is 0.585. The fraction of sp³-hybridized carbons (Fsp3) is 1.00. The maximum absolute atomic E-state index is 5.19. The molecule has 0 bridgehead atoms. The molecule has 60 valence electrons. The van der Waals surface area contributed by atoms with Crippen molar-refractivity contribution in [2.24, 2.45) is 0 Å². The first-order chi connectivity index (χ1) is 4.93. The number of nitrogens with one attached hydrogen (secondary N) is 1. The summed E-state index contributed by atoms with van der Waals surface area (Å²) >= 11 is 0. The fourth-order valence-corrected chi connectivity index (χ4v) is 1.08. The monoisotopic (exact) mass is 143 g/mol. The Morgan fingerprint density at radius 1 is 1.70 bits per heavy atom. The molecule has 0 aliphatic carbocycles. The molecule has 0 aromatic heterocycles. The second-order valence-corrected chi connectivity index (χ2v) is 2.55. The maximum Gasteiger partial charge on any atom is 0.0620 e. The predicted octanol–water partition coefficient (Wildman–Crippen LogP) is 0.368. The molecule has 1 heterocycles. The third-order valence-electron chi connectivity index (χ3n) is 1.70. The summed E-state index contributed by atoms with van der Waals surface area (Å²) in [6, 6.07) is 0.585. The molecule has 1 aliphatic rings. The summed E-state index contributed by atoms with van der Waals surface area (Å²) in [4.78, 5) is 0. The lowest BCUT2D eigenvalue weighted by Crippen LogP contribution is -2.31. The van der Waals surface area contributed by atoms with Crippen molar-refractivity contribution in [3.8, 4) is 0 Å². The zero-order valence-electron chi connectivity index (χ0n) is 6.47. The first-order valence-corrected chi connectivity index (χ1v) is 3.80. The van der Waals surface area contributed by atoms with Crippen molar-refractivity contribution >= 4 is 0 Å². The Balaban J connectivity index is 1.91. The molecule has 3 heteroatoms. The number of hydrogen-bond donors (Lipinski definition) is 1. The highest BCUT2D eigenvalue weighted by Gasteiger charge is 2.12. The van der Waals surface area contributed by atoms with Gasteiger partial charge in [0.15, 0.2) is 0 Å². The van der Waals surface area contributed by atoms with Crippen molar-refractivity contribution < 1.29 is 4.74 Å². The van der Waals surface area contributed by atoms with E-state index in [0.29, 0.717) is 6.04 Å². The van der Waals surface area contributed by atoms with Crippen molar-refractivity contribution in [2.45, 2.75) is 12.5 Å². The molecule has 0 radical (unpaired) electrons. The van der Waals surface area contributed by atoms with Gasteiger partial charge in [0.25, 0.3) is 0 Å². The summed E-state index contributed by atoms with van der Waals surface area (Å²) in [6.45, 7) is 3.70. The lowest BCUT2D eigenvalue weighted by Gasteiger charge is -2.14. The highest BCUT2D eigenvalue weighted by molar-refractivity contribution is 4.76. The molecular formula is C7H15N2O-. The van der Waals surface area contributed by atoms with Gasteiger partial charge in [-0.3, -0.25) is 0 Å². The molecule has 3 nitrogen and oxygen atoms in total. The highest BCUT2D eigenvalue weighted by atomic mass is 16.5. The Bertz CT molecular complexity index is 81.7. The van der Waals surface area contributed by atoms with Crippen LogP contribution >= 0.6 is 0 Å². The lowest BCUT2D eigenvalue weighted by atomic mass is 10.3. The van der Waals surface area contributed by atoms with E-state index in [0.717, 1.165) is 32.7 Å². The summed E-state index contributed by atoms with van der Waals surface area (Å²) in [7, 11) is 1.84.